The third kappa shape index (κ3) is 2.93. The minimum atomic E-state index is -4.27. The highest BCUT2D eigenvalue weighted by molar-refractivity contribution is 5.43. The van der Waals surface area contributed by atoms with Gasteiger partial charge in [0.05, 0.1) is 0 Å². The van der Waals surface area contributed by atoms with Gasteiger partial charge >= 0.3 is 6.18 Å². The molecule has 0 heterocycles. The van der Waals surface area contributed by atoms with E-state index in [1.165, 1.54) is 0 Å². The van der Waals surface area contributed by atoms with Gasteiger partial charge in [-0.05, 0) is 42.4 Å². The molecule has 0 aromatic heterocycles. The number of halogens is 3. The van der Waals surface area contributed by atoms with E-state index >= 15 is 0 Å². The molecule has 1 aromatic carbocycles. The molecule has 0 aliphatic heterocycles. The lowest BCUT2D eigenvalue weighted by molar-refractivity contribution is -0.153. The van der Waals surface area contributed by atoms with Crippen LogP contribution < -0.4 is 4.74 Å². The third-order valence-corrected chi connectivity index (χ3v) is 3.16. The van der Waals surface area contributed by atoms with Gasteiger partial charge in [-0.2, -0.15) is 13.2 Å². The quantitative estimate of drug-likeness (QED) is 0.762. The fraction of sp³-hybridized carbons (Fsp3) is 0.538. The zero-order valence-corrected chi connectivity index (χ0v) is 9.68. The Morgan fingerprint density at radius 3 is 2.82 bits per heavy atom. The zero-order valence-electron chi connectivity index (χ0n) is 9.68. The number of rotatable bonds is 2. The maximum atomic E-state index is 12.1. The van der Waals surface area contributed by atoms with Crippen molar-refractivity contribution in [3.05, 3.63) is 29.3 Å². The smallest absolute Gasteiger partial charge is 0.422 e. The summed E-state index contributed by atoms with van der Waals surface area (Å²) in [7, 11) is 0. The van der Waals surface area contributed by atoms with Crippen LogP contribution in [0.15, 0.2) is 18.2 Å². The van der Waals surface area contributed by atoms with E-state index in [9.17, 15) is 13.2 Å². The van der Waals surface area contributed by atoms with Crippen LogP contribution in [0, 0.1) is 0 Å². The maximum absolute atomic E-state index is 12.1. The average molecular weight is 244 g/mol. The zero-order chi connectivity index (χ0) is 12.5. The van der Waals surface area contributed by atoms with Gasteiger partial charge < -0.3 is 4.74 Å². The van der Waals surface area contributed by atoms with Crippen molar-refractivity contribution >= 4 is 0 Å². The van der Waals surface area contributed by atoms with Crippen LogP contribution in [-0.4, -0.2) is 12.8 Å². The number of hydrogen-bond donors (Lipinski definition) is 0. The van der Waals surface area contributed by atoms with E-state index in [0.29, 0.717) is 11.7 Å². The van der Waals surface area contributed by atoms with Gasteiger partial charge in [-0.3, -0.25) is 0 Å². The monoisotopic (exact) mass is 244 g/mol. The third-order valence-electron chi connectivity index (χ3n) is 3.16. The number of alkyl halides is 3. The summed E-state index contributed by atoms with van der Waals surface area (Å²) in [4.78, 5) is 0. The predicted octanol–water partition coefficient (Wildman–Crippen LogP) is 4.07. The molecule has 94 valence electrons. The lowest BCUT2D eigenvalue weighted by Crippen LogP contribution is -2.20. The van der Waals surface area contributed by atoms with Gasteiger partial charge in [0.15, 0.2) is 6.61 Å². The molecule has 1 aromatic rings. The van der Waals surface area contributed by atoms with Crippen LogP contribution in [0.4, 0.5) is 13.2 Å². The standard InChI is InChI=1S/C13H15F3O/c1-9-4-2-6-11-10(9)5-3-7-12(11)17-8-13(14,15)16/h3,5,7,9H,2,4,6,8H2,1H3/t9-/m1/s1. The van der Waals surface area contributed by atoms with E-state index < -0.39 is 12.8 Å². The van der Waals surface area contributed by atoms with Crippen LogP contribution in [0.3, 0.4) is 0 Å². The molecule has 0 saturated heterocycles. The molecule has 0 bridgehead atoms. The lowest BCUT2D eigenvalue weighted by Gasteiger charge is -2.24. The molecule has 4 heteroatoms. The number of benzene rings is 1. The summed E-state index contributed by atoms with van der Waals surface area (Å²) in [5.74, 6) is 0.805. The van der Waals surface area contributed by atoms with E-state index in [2.05, 4.69) is 6.92 Å². The van der Waals surface area contributed by atoms with Gasteiger partial charge in [-0.25, -0.2) is 0 Å². The van der Waals surface area contributed by atoms with Gasteiger partial charge in [-0.15, -0.1) is 0 Å². The summed E-state index contributed by atoms with van der Waals surface area (Å²) in [5.41, 5.74) is 2.09. The summed E-state index contributed by atoms with van der Waals surface area (Å²) < 4.78 is 41.3. The minimum Gasteiger partial charge on any atom is -0.484 e. The Labute approximate surface area is 98.6 Å². The van der Waals surface area contributed by atoms with Gasteiger partial charge in [0.1, 0.15) is 5.75 Å². The molecule has 0 radical (unpaired) electrons. The van der Waals surface area contributed by atoms with Crippen molar-refractivity contribution in [1.29, 1.82) is 0 Å². The Kier molecular flexibility index (Phi) is 3.31. The van der Waals surface area contributed by atoms with Crippen LogP contribution in [-0.2, 0) is 6.42 Å². The highest BCUT2D eigenvalue weighted by Gasteiger charge is 2.29. The summed E-state index contributed by atoms with van der Waals surface area (Å²) in [6.07, 6.45) is -1.35. The Morgan fingerprint density at radius 1 is 1.35 bits per heavy atom. The first kappa shape index (κ1) is 12.3. The average Bonchev–Trinajstić information content (AvgIpc) is 2.26. The second-order valence-corrected chi connectivity index (χ2v) is 4.52. The van der Waals surface area contributed by atoms with Gasteiger partial charge in [0, 0.05) is 0 Å². The molecule has 0 amide bonds. The molecule has 0 N–H and O–H groups in total. The molecule has 1 aliphatic carbocycles. The molecule has 1 nitrogen and oxygen atoms in total. The van der Waals surface area contributed by atoms with Gasteiger partial charge in [-0.1, -0.05) is 19.1 Å². The molecular weight excluding hydrogens is 229 g/mol. The minimum absolute atomic E-state index is 0.395. The Hall–Kier alpha value is -1.19. The van der Waals surface area contributed by atoms with Crippen molar-refractivity contribution in [2.24, 2.45) is 0 Å². The van der Waals surface area contributed by atoms with Crippen molar-refractivity contribution in [1.82, 2.24) is 0 Å². The number of ether oxygens (including phenoxy) is 1. The number of hydrogen-bond acceptors (Lipinski definition) is 1. The van der Waals surface area contributed by atoms with Crippen molar-refractivity contribution in [2.75, 3.05) is 6.61 Å². The van der Waals surface area contributed by atoms with E-state index in [1.807, 2.05) is 6.07 Å². The van der Waals surface area contributed by atoms with Crippen LogP contribution in [0.2, 0.25) is 0 Å². The highest BCUT2D eigenvalue weighted by Crippen LogP contribution is 2.36. The summed E-state index contributed by atoms with van der Waals surface area (Å²) in [6, 6.07) is 5.38. The first-order chi connectivity index (χ1) is 7.97. The fourth-order valence-electron chi connectivity index (χ4n) is 2.35. The van der Waals surface area contributed by atoms with Crippen LogP contribution in [0.25, 0.3) is 0 Å². The Bertz CT molecular complexity index is 398. The van der Waals surface area contributed by atoms with Gasteiger partial charge in [0.25, 0.3) is 0 Å². The SMILES string of the molecule is C[C@@H]1CCCc2c(OCC(F)(F)F)cccc21. The highest BCUT2D eigenvalue weighted by atomic mass is 19.4. The Balaban J connectivity index is 2.21. The summed E-state index contributed by atoms with van der Waals surface area (Å²) in [5, 5.41) is 0. The summed E-state index contributed by atoms with van der Waals surface area (Å²) in [6.45, 7) is 0.892. The molecular formula is C13H15F3O. The molecule has 0 fully saturated rings. The summed E-state index contributed by atoms with van der Waals surface area (Å²) >= 11 is 0. The molecule has 2 rings (SSSR count). The Morgan fingerprint density at radius 2 is 2.12 bits per heavy atom. The van der Waals surface area contributed by atoms with Crippen molar-refractivity contribution < 1.29 is 17.9 Å². The van der Waals surface area contributed by atoms with Crippen LogP contribution >= 0.6 is 0 Å². The predicted molar refractivity (Wildman–Crippen MR) is 59.3 cm³/mol. The van der Waals surface area contributed by atoms with E-state index in [1.54, 1.807) is 12.1 Å². The second kappa shape index (κ2) is 4.59. The first-order valence-corrected chi connectivity index (χ1v) is 5.79. The normalized spacial score (nSPS) is 19.9. The maximum Gasteiger partial charge on any atom is 0.422 e. The molecule has 1 atom stereocenters. The number of fused-ring (bicyclic) bond motifs is 1. The first-order valence-electron chi connectivity index (χ1n) is 5.79. The van der Waals surface area contributed by atoms with Crippen LogP contribution in [0.1, 0.15) is 36.8 Å². The fourth-order valence-corrected chi connectivity index (χ4v) is 2.35. The molecule has 0 unspecified atom stereocenters. The second-order valence-electron chi connectivity index (χ2n) is 4.52. The van der Waals surface area contributed by atoms with Crippen LogP contribution in [0.5, 0.6) is 5.75 Å². The molecule has 0 spiro atoms. The molecule has 17 heavy (non-hydrogen) atoms. The van der Waals surface area contributed by atoms with E-state index in [0.717, 1.165) is 30.4 Å². The van der Waals surface area contributed by atoms with Crippen molar-refractivity contribution in [3.63, 3.8) is 0 Å². The van der Waals surface area contributed by atoms with E-state index in [4.69, 9.17) is 4.74 Å². The molecule has 1 aliphatic rings. The largest absolute Gasteiger partial charge is 0.484 e. The van der Waals surface area contributed by atoms with Gasteiger partial charge in [0.2, 0.25) is 0 Å². The van der Waals surface area contributed by atoms with E-state index in [-0.39, 0.29) is 0 Å². The topological polar surface area (TPSA) is 9.23 Å². The van der Waals surface area contributed by atoms with Crippen molar-refractivity contribution in [3.8, 4) is 5.75 Å². The van der Waals surface area contributed by atoms with Crippen molar-refractivity contribution in [2.45, 2.75) is 38.3 Å². The lowest BCUT2D eigenvalue weighted by atomic mass is 9.83. The molecule has 0 saturated carbocycles.